The quantitative estimate of drug-likeness (QED) is 0.188. The average Bonchev–Trinajstić information content (AvgIpc) is 3.40. The van der Waals surface area contributed by atoms with Gasteiger partial charge in [-0.1, -0.05) is 49.7 Å². The highest BCUT2D eigenvalue weighted by Gasteiger charge is 2.22. The highest BCUT2D eigenvalue weighted by Crippen LogP contribution is 2.35. The Bertz CT molecular complexity index is 1700. The number of rotatable bonds is 9. The molecule has 1 aromatic heterocycles. The Balaban J connectivity index is 1.54. The van der Waals surface area contributed by atoms with Gasteiger partial charge in [0.25, 0.3) is 5.91 Å². The van der Waals surface area contributed by atoms with E-state index >= 15 is 0 Å². The van der Waals surface area contributed by atoms with Gasteiger partial charge < -0.3 is 20.1 Å². The number of benzene rings is 4. The summed E-state index contributed by atoms with van der Waals surface area (Å²) in [5, 5.41) is 13.1. The number of fused-ring (bicyclic) bond motifs is 1. The lowest BCUT2D eigenvalue weighted by atomic mass is 9.93. The number of carboxylic acid groups (broad SMARTS) is 1. The van der Waals surface area contributed by atoms with Crippen LogP contribution >= 0.6 is 0 Å². The molecule has 7 nitrogen and oxygen atoms in total. The van der Waals surface area contributed by atoms with Crippen LogP contribution < -0.4 is 10.1 Å². The molecule has 4 aromatic carbocycles. The van der Waals surface area contributed by atoms with Crippen LogP contribution in [0.1, 0.15) is 52.1 Å². The molecule has 0 spiro atoms. The van der Waals surface area contributed by atoms with Crippen molar-refractivity contribution in [3.63, 3.8) is 0 Å². The molecule has 0 aliphatic rings. The molecule has 0 saturated heterocycles. The van der Waals surface area contributed by atoms with Gasteiger partial charge in [-0.3, -0.25) is 4.79 Å². The van der Waals surface area contributed by atoms with Gasteiger partial charge >= 0.3 is 5.97 Å². The van der Waals surface area contributed by atoms with Gasteiger partial charge in [0.15, 0.2) is 0 Å². The van der Waals surface area contributed by atoms with Crippen molar-refractivity contribution < 1.29 is 23.8 Å². The largest absolute Gasteiger partial charge is 0.497 e. The Morgan fingerprint density at radius 2 is 1.75 bits per heavy atom. The van der Waals surface area contributed by atoms with Gasteiger partial charge in [-0.15, -0.1) is 0 Å². The summed E-state index contributed by atoms with van der Waals surface area (Å²) in [6.07, 6.45) is 1.59. The number of ether oxygens (including phenoxy) is 1. The second-order valence-electron chi connectivity index (χ2n) is 9.45. The minimum absolute atomic E-state index is 0.121. The maximum Gasteiger partial charge on any atom is 0.336 e. The molecule has 5 rings (SSSR count). The first-order valence-electron chi connectivity index (χ1n) is 12.9. The molecule has 40 heavy (non-hydrogen) atoms. The number of H-pyrrole nitrogens is 1. The molecule has 8 heteroatoms. The number of hydrogen-bond acceptors (Lipinski definition) is 4. The molecular weight excluding hydrogens is 509 g/mol. The molecule has 0 saturated carbocycles. The highest BCUT2D eigenvalue weighted by atomic mass is 19.1. The van der Waals surface area contributed by atoms with E-state index in [9.17, 15) is 19.1 Å². The van der Waals surface area contributed by atoms with Gasteiger partial charge in [-0.25, -0.2) is 14.2 Å². The molecule has 0 radical (unpaired) electrons. The number of hydrogen-bond donors (Lipinski definition) is 3. The lowest BCUT2D eigenvalue weighted by molar-refractivity contribution is 0.0697. The number of carboxylic acids is 1. The van der Waals surface area contributed by atoms with E-state index in [-0.39, 0.29) is 28.6 Å². The Kier molecular flexibility index (Phi) is 7.59. The van der Waals surface area contributed by atoms with Crippen LogP contribution in [-0.4, -0.2) is 34.1 Å². The van der Waals surface area contributed by atoms with E-state index in [4.69, 9.17) is 4.74 Å². The monoisotopic (exact) mass is 537 g/mol. The first-order valence-corrected chi connectivity index (χ1v) is 12.9. The number of nitrogens with zero attached hydrogens (tertiary/aromatic N) is 1. The van der Waals surface area contributed by atoms with Crippen LogP contribution in [0.2, 0.25) is 0 Å². The molecule has 0 aliphatic heterocycles. The van der Waals surface area contributed by atoms with E-state index in [0.717, 1.165) is 23.9 Å². The summed E-state index contributed by atoms with van der Waals surface area (Å²) < 4.78 is 19.8. The van der Waals surface area contributed by atoms with E-state index in [1.54, 1.807) is 37.4 Å². The van der Waals surface area contributed by atoms with Crippen molar-refractivity contribution in [3.05, 3.63) is 107 Å². The van der Waals surface area contributed by atoms with Crippen LogP contribution in [0.3, 0.4) is 0 Å². The third kappa shape index (κ3) is 5.42. The van der Waals surface area contributed by atoms with E-state index in [1.807, 2.05) is 43.3 Å². The summed E-state index contributed by atoms with van der Waals surface area (Å²) >= 11 is 0. The Labute approximate surface area is 230 Å². The summed E-state index contributed by atoms with van der Waals surface area (Å²) in [5.74, 6) is -1.06. The zero-order valence-electron chi connectivity index (χ0n) is 22.1. The number of aromatic amines is 1. The topological polar surface area (TPSA) is 104 Å². The molecule has 1 atom stereocenters. The first kappa shape index (κ1) is 26.6. The number of carbonyl (C=O) groups is 2. The van der Waals surface area contributed by atoms with Crippen LogP contribution in [0.15, 0.2) is 84.9 Å². The van der Waals surface area contributed by atoms with Crippen molar-refractivity contribution in [1.29, 1.82) is 0 Å². The maximum atomic E-state index is 14.5. The fourth-order valence-electron chi connectivity index (χ4n) is 4.82. The predicted octanol–water partition coefficient (Wildman–Crippen LogP) is 7.01. The van der Waals surface area contributed by atoms with Crippen molar-refractivity contribution in [2.45, 2.75) is 25.8 Å². The lowest BCUT2D eigenvalue weighted by Gasteiger charge is -2.19. The number of aromatic carboxylic acids is 1. The maximum absolute atomic E-state index is 14.5. The van der Waals surface area contributed by atoms with E-state index in [2.05, 4.69) is 15.3 Å². The fraction of sp³-hybridized carbons (Fsp3) is 0.156. The van der Waals surface area contributed by atoms with Crippen molar-refractivity contribution in [1.82, 2.24) is 15.3 Å². The Morgan fingerprint density at radius 3 is 2.48 bits per heavy atom. The van der Waals surface area contributed by atoms with Gasteiger partial charge in [-0.2, -0.15) is 0 Å². The third-order valence-corrected chi connectivity index (χ3v) is 6.81. The smallest absolute Gasteiger partial charge is 0.336 e. The fourth-order valence-corrected chi connectivity index (χ4v) is 4.82. The van der Waals surface area contributed by atoms with Crippen molar-refractivity contribution in [2.24, 2.45) is 0 Å². The zero-order chi connectivity index (χ0) is 28.2. The number of aromatic nitrogens is 2. The lowest BCUT2D eigenvalue weighted by Crippen LogP contribution is -2.28. The van der Waals surface area contributed by atoms with Crippen LogP contribution in [0.25, 0.3) is 33.5 Å². The molecule has 3 N–H and O–H groups in total. The predicted molar refractivity (Wildman–Crippen MR) is 152 cm³/mol. The number of methoxy groups -OCH3 is 1. The van der Waals surface area contributed by atoms with E-state index in [0.29, 0.717) is 28.2 Å². The minimum Gasteiger partial charge on any atom is -0.497 e. The molecule has 0 fully saturated rings. The van der Waals surface area contributed by atoms with Crippen LogP contribution in [-0.2, 0) is 0 Å². The van der Waals surface area contributed by atoms with Crippen molar-refractivity contribution in [2.75, 3.05) is 7.11 Å². The molecule has 1 amide bonds. The van der Waals surface area contributed by atoms with Crippen LogP contribution in [0, 0.1) is 5.82 Å². The van der Waals surface area contributed by atoms with Gasteiger partial charge in [0.1, 0.15) is 17.4 Å². The summed E-state index contributed by atoms with van der Waals surface area (Å²) in [6, 6.07) is 23.4. The molecule has 0 aliphatic carbocycles. The molecule has 5 aromatic rings. The number of nitrogens with one attached hydrogen (secondary N) is 2. The molecule has 0 bridgehead atoms. The van der Waals surface area contributed by atoms with Crippen LogP contribution in [0.4, 0.5) is 4.39 Å². The normalized spacial score (nSPS) is 11.8. The summed E-state index contributed by atoms with van der Waals surface area (Å²) in [4.78, 5) is 33.5. The number of carbonyl (C=O) groups excluding carboxylic acids is 1. The average molecular weight is 538 g/mol. The third-order valence-electron chi connectivity index (χ3n) is 6.81. The summed E-state index contributed by atoms with van der Waals surface area (Å²) in [7, 11) is 1.57. The minimum atomic E-state index is -1.23. The second-order valence-corrected chi connectivity index (χ2v) is 9.45. The number of imidazole rings is 1. The SMILES string of the molecule is CCC[C@@H](NC(=O)c1ccc(-c2cc(F)ccc2-c2nc3cc(OC)ccc3[nH]2)c(C(=O)O)c1)c1ccccc1. The van der Waals surface area contributed by atoms with E-state index < -0.39 is 11.8 Å². The molecular formula is C32H28FN3O4. The second kappa shape index (κ2) is 11.4. The standard InChI is InChI=1S/C32H28FN3O4/c1-3-7-27(19-8-5-4-6-9-19)36-31(37)20-10-13-23(26(16-20)32(38)39)25-17-21(33)11-14-24(25)30-34-28-15-12-22(40-2)18-29(28)35-30/h4-6,8-18,27H,3,7H2,1-2H3,(H,34,35)(H,36,37)(H,38,39)/t27-/m1/s1. The van der Waals surface area contributed by atoms with Crippen molar-refractivity contribution in [3.8, 4) is 28.3 Å². The number of halogens is 1. The van der Waals surface area contributed by atoms with Gasteiger partial charge in [0.2, 0.25) is 0 Å². The summed E-state index contributed by atoms with van der Waals surface area (Å²) in [6.45, 7) is 2.04. The van der Waals surface area contributed by atoms with Crippen molar-refractivity contribution >= 4 is 22.9 Å². The van der Waals surface area contributed by atoms with Gasteiger partial charge in [-0.05, 0) is 65.6 Å². The van der Waals surface area contributed by atoms with Crippen LogP contribution in [0.5, 0.6) is 5.75 Å². The molecule has 0 unspecified atom stereocenters. The summed E-state index contributed by atoms with van der Waals surface area (Å²) in [5.41, 5.74) is 3.57. The number of amides is 1. The van der Waals surface area contributed by atoms with Gasteiger partial charge in [0, 0.05) is 17.2 Å². The van der Waals surface area contributed by atoms with Gasteiger partial charge in [0.05, 0.1) is 29.7 Å². The molecule has 202 valence electrons. The first-order chi connectivity index (χ1) is 19.4. The van der Waals surface area contributed by atoms with E-state index in [1.165, 1.54) is 18.2 Å². The zero-order valence-corrected chi connectivity index (χ0v) is 22.1. The highest BCUT2D eigenvalue weighted by molar-refractivity contribution is 6.03. The molecule has 1 heterocycles. The Hall–Kier alpha value is -4.98. The Morgan fingerprint density at radius 1 is 0.975 bits per heavy atom.